The highest BCUT2D eigenvalue weighted by Gasteiger charge is 2.33. The molecule has 222 valence electrons. The minimum atomic E-state index is -0.810. The molecular formula is C27H35FN12O2. The lowest BCUT2D eigenvalue weighted by Crippen LogP contribution is -2.65. The molecule has 4 heterocycles. The van der Waals surface area contributed by atoms with E-state index >= 15 is 4.39 Å². The van der Waals surface area contributed by atoms with Crippen molar-refractivity contribution in [1.82, 2.24) is 39.9 Å². The molecule has 4 aromatic rings. The summed E-state index contributed by atoms with van der Waals surface area (Å²) in [6, 6.07) is 11.1. The molecule has 1 unspecified atom stereocenters. The number of carbonyl (C=O) groups excluding carboxylic acids is 2. The number of hydrogen-bond acceptors (Lipinski definition) is 11. The molecule has 14 nitrogen and oxygen atoms in total. The van der Waals surface area contributed by atoms with Gasteiger partial charge in [-0.3, -0.25) is 25.3 Å². The molecule has 0 radical (unpaired) electrons. The van der Waals surface area contributed by atoms with E-state index in [4.69, 9.17) is 11.7 Å². The van der Waals surface area contributed by atoms with Crippen LogP contribution in [0.5, 0.6) is 0 Å². The number of nitrogens with zero attached hydrogens (tertiary/aromatic N) is 7. The normalized spacial score (nSPS) is 14.9. The molecule has 1 atom stereocenters. The summed E-state index contributed by atoms with van der Waals surface area (Å²) < 4.78 is 16.5. The summed E-state index contributed by atoms with van der Waals surface area (Å²) in [4.78, 5) is 39.2. The number of anilines is 2. The average molecular weight is 579 g/mol. The van der Waals surface area contributed by atoms with E-state index in [9.17, 15) is 9.59 Å². The molecule has 1 aliphatic rings. The van der Waals surface area contributed by atoms with Crippen molar-refractivity contribution in [2.45, 2.75) is 6.29 Å². The first-order valence-corrected chi connectivity index (χ1v) is 13.5. The summed E-state index contributed by atoms with van der Waals surface area (Å²) in [5.74, 6) is 10.8. The third-order valence-corrected chi connectivity index (χ3v) is 7.17. The predicted molar refractivity (Wildman–Crippen MR) is 157 cm³/mol. The standard InChI is InChI=1S/C27H35FN12O2/c1-36(2)11-9-31-21-8-10-39(35-21)25-23-22(20(28)17-33-25)19(16-32-23)24(41)26(42)37-12-14-38(15-13-37)27(34-29)40(30)18-6-4-3-5-7-18/h3-8,10,16-17,27,32,34H,9,11-15,29-30H2,1-2H3,(H,31,35). The van der Waals surface area contributed by atoms with Crippen LogP contribution in [0.1, 0.15) is 10.4 Å². The lowest BCUT2D eigenvalue weighted by molar-refractivity contribution is -0.128. The van der Waals surface area contributed by atoms with Crippen LogP contribution in [0.3, 0.4) is 0 Å². The largest absolute Gasteiger partial charge is 0.367 e. The fourth-order valence-corrected chi connectivity index (χ4v) is 4.92. The number of aromatic amines is 1. The minimum Gasteiger partial charge on any atom is -0.367 e. The first kappa shape index (κ1) is 29.1. The van der Waals surface area contributed by atoms with Crippen molar-refractivity contribution in [1.29, 1.82) is 0 Å². The van der Waals surface area contributed by atoms with Gasteiger partial charge in [0.2, 0.25) is 0 Å². The minimum absolute atomic E-state index is 0.0105. The smallest absolute Gasteiger partial charge is 0.295 e. The number of aromatic nitrogens is 4. The second kappa shape index (κ2) is 12.6. The number of rotatable bonds is 11. The van der Waals surface area contributed by atoms with E-state index in [1.54, 1.807) is 12.3 Å². The van der Waals surface area contributed by atoms with Crippen molar-refractivity contribution in [2.75, 3.05) is 63.7 Å². The molecule has 1 amide bonds. The van der Waals surface area contributed by atoms with Gasteiger partial charge in [-0.05, 0) is 26.2 Å². The third-order valence-electron chi connectivity index (χ3n) is 7.17. The van der Waals surface area contributed by atoms with E-state index in [1.165, 1.54) is 20.8 Å². The van der Waals surface area contributed by atoms with Gasteiger partial charge in [0.25, 0.3) is 11.7 Å². The van der Waals surface area contributed by atoms with Gasteiger partial charge >= 0.3 is 0 Å². The summed E-state index contributed by atoms with van der Waals surface area (Å²) in [5.41, 5.74) is 3.67. The molecule has 5 rings (SSSR count). The number of nitrogens with one attached hydrogen (secondary N) is 3. The Morgan fingerprint density at radius 2 is 1.88 bits per heavy atom. The van der Waals surface area contributed by atoms with Gasteiger partial charge in [-0.1, -0.05) is 18.2 Å². The summed E-state index contributed by atoms with van der Waals surface area (Å²) in [5, 5.41) is 9.18. The molecule has 1 aliphatic heterocycles. The fraction of sp³-hybridized carbons (Fsp3) is 0.333. The SMILES string of the molecule is CN(C)CCNc1ccn(-c2ncc(F)c3c(C(=O)C(=O)N4CCN(C(NN)N(N)c5ccccc5)CC4)c[nH]c23)n1. The third kappa shape index (κ3) is 5.95. The van der Waals surface area contributed by atoms with Crippen molar-refractivity contribution < 1.29 is 14.0 Å². The molecule has 15 heteroatoms. The Morgan fingerprint density at radius 1 is 1.14 bits per heavy atom. The van der Waals surface area contributed by atoms with Gasteiger partial charge in [-0.2, -0.15) is 0 Å². The Hall–Kier alpha value is -4.41. The van der Waals surface area contributed by atoms with E-state index in [-0.39, 0.29) is 29.6 Å². The quantitative estimate of drug-likeness (QED) is 0.0546. The lowest BCUT2D eigenvalue weighted by Gasteiger charge is -2.42. The first-order valence-electron chi connectivity index (χ1n) is 13.5. The van der Waals surface area contributed by atoms with Gasteiger partial charge in [0.1, 0.15) is 5.82 Å². The number of likely N-dealkylation sites (N-methyl/N-ethyl adjacent to an activating group) is 1. The summed E-state index contributed by atoms with van der Waals surface area (Å²) >= 11 is 0. The maximum atomic E-state index is 15.0. The number of Topliss-reactive ketones (excluding diaryl/α,β-unsaturated/α-hetero) is 1. The summed E-state index contributed by atoms with van der Waals surface area (Å²) in [7, 11) is 3.95. The van der Waals surface area contributed by atoms with Crippen LogP contribution in [0.25, 0.3) is 16.7 Å². The number of ketones is 1. The van der Waals surface area contributed by atoms with Gasteiger partial charge in [0.05, 0.1) is 28.4 Å². The zero-order chi connectivity index (χ0) is 29.8. The maximum absolute atomic E-state index is 15.0. The Kier molecular flexibility index (Phi) is 8.75. The highest BCUT2D eigenvalue weighted by molar-refractivity contribution is 6.45. The lowest BCUT2D eigenvalue weighted by atomic mass is 10.1. The van der Waals surface area contributed by atoms with Gasteiger partial charge in [0, 0.05) is 57.7 Å². The molecule has 42 heavy (non-hydrogen) atoms. The number of hydrogen-bond donors (Lipinski definition) is 5. The second-order valence-corrected chi connectivity index (χ2v) is 10.2. The molecule has 7 N–H and O–H groups in total. The van der Waals surface area contributed by atoms with Crippen LogP contribution >= 0.6 is 0 Å². The van der Waals surface area contributed by atoms with Crippen molar-refractivity contribution in [2.24, 2.45) is 11.7 Å². The van der Waals surface area contributed by atoms with E-state index in [0.717, 1.165) is 18.4 Å². The van der Waals surface area contributed by atoms with E-state index in [2.05, 4.69) is 25.8 Å². The Labute approximate surface area is 242 Å². The maximum Gasteiger partial charge on any atom is 0.295 e. The molecule has 0 spiro atoms. The molecule has 1 fully saturated rings. The fourth-order valence-electron chi connectivity index (χ4n) is 4.92. The topological polar surface area (TPSA) is 170 Å². The van der Waals surface area contributed by atoms with E-state index < -0.39 is 23.8 Å². The number of piperazine rings is 1. The summed E-state index contributed by atoms with van der Waals surface area (Å²) in [6.07, 6.45) is 3.53. The number of benzene rings is 1. The van der Waals surface area contributed by atoms with E-state index in [1.807, 2.05) is 54.2 Å². The van der Waals surface area contributed by atoms with E-state index in [0.29, 0.717) is 31.3 Å². The zero-order valence-electron chi connectivity index (χ0n) is 23.5. The Morgan fingerprint density at radius 3 is 2.57 bits per heavy atom. The average Bonchev–Trinajstić information content (AvgIpc) is 3.66. The number of para-hydroxylation sites is 1. The molecule has 3 aromatic heterocycles. The molecule has 1 aromatic carbocycles. The highest BCUT2D eigenvalue weighted by Crippen LogP contribution is 2.27. The van der Waals surface area contributed by atoms with Crippen LogP contribution in [-0.2, 0) is 4.79 Å². The second-order valence-electron chi connectivity index (χ2n) is 10.2. The monoisotopic (exact) mass is 578 g/mol. The highest BCUT2D eigenvalue weighted by atomic mass is 19.1. The van der Waals surface area contributed by atoms with Gasteiger partial charge in [-0.25, -0.2) is 25.3 Å². The molecule has 0 saturated carbocycles. The van der Waals surface area contributed by atoms with Crippen LogP contribution in [0.4, 0.5) is 15.9 Å². The van der Waals surface area contributed by atoms with Crippen molar-refractivity contribution in [3.05, 3.63) is 66.4 Å². The van der Waals surface area contributed by atoms with Crippen LogP contribution in [0.2, 0.25) is 0 Å². The number of pyridine rings is 1. The van der Waals surface area contributed by atoms with Gasteiger partial charge < -0.3 is 20.1 Å². The predicted octanol–water partition coefficient (Wildman–Crippen LogP) is 0.315. The number of H-pyrrole nitrogens is 1. The number of halogens is 1. The zero-order valence-corrected chi connectivity index (χ0v) is 23.5. The Balaban J connectivity index is 1.28. The number of carbonyl (C=O) groups is 2. The van der Waals surface area contributed by atoms with Crippen LogP contribution in [0, 0.1) is 5.82 Å². The molecule has 1 saturated heterocycles. The van der Waals surface area contributed by atoms with Crippen LogP contribution < -0.4 is 27.4 Å². The molecule has 0 bridgehead atoms. The van der Waals surface area contributed by atoms with Crippen molar-refractivity contribution in [3.63, 3.8) is 0 Å². The number of fused-ring (bicyclic) bond motifs is 1. The van der Waals surface area contributed by atoms with Crippen molar-refractivity contribution in [3.8, 4) is 5.82 Å². The first-order chi connectivity index (χ1) is 20.3. The summed E-state index contributed by atoms with van der Waals surface area (Å²) in [6.45, 7) is 2.86. The van der Waals surface area contributed by atoms with Crippen LogP contribution in [-0.4, -0.2) is 106 Å². The van der Waals surface area contributed by atoms with Gasteiger partial charge in [0.15, 0.2) is 17.9 Å². The number of hydrazine groups is 2. The number of nitrogens with two attached hydrogens (primary N) is 2. The Bertz CT molecular complexity index is 1530. The molecular weight excluding hydrogens is 543 g/mol. The van der Waals surface area contributed by atoms with Crippen molar-refractivity contribution >= 4 is 34.1 Å². The number of amides is 1. The van der Waals surface area contributed by atoms with Gasteiger partial charge in [-0.15, -0.1) is 5.10 Å². The molecule has 0 aliphatic carbocycles. The van der Waals surface area contributed by atoms with Crippen LogP contribution in [0.15, 0.2) is 55.0 Å².